The lowest BCUT2D eigenvalue weighted by Crippen LogP contribution is -2.27. The van der Waals surface area contributed by atoms with E-state index in [-0.39, 0.29) is 17.1 Å². The van der Waals surface area contributed by atoms with Crippen LogP contribution in [0.3, 0.4) is 0 Å². The Bertz CT molecular complexity index is 1460. The van der Waals surface area contributed by atoms with Gasteiger partial charge < -0.3 is 9.30 Å². The van der Waals surface area contributed by atoms with Gasteiger partial charge in [0.1, 0.15) is 0 Å². The number of nitrogens with zero attached hydrogens (tertiary/aromatic N) is 2. The van der Waals surface area contributed by atoms with Gasteiger partial charge in [-0.05, 0) is 53.7 Å². The number of carbonyl (C=O) groups is 3. The number of aromatic nitrogens is 1. The molecule has 0 spiro atoms. The fourth-order valence-electron chi connectivity index (χ4n) is 4.04. The highest BCUT2D eigenvalue weighted by molar-refractivity contribution is 8.19. The maximum absolute atomic E-state index is 13.0. The number of imide groups is 1. The number of benzene rings is 3. The zero-order chi connectivity index (χ0) is 23.7. The molecule has 1 aliphatic heterocycles. The van der Waals surface area contributed by atoms with E-state index in [0.29, 0.717) is 22.7 Å². The Morgan fingerprint density at radius 2 is 1.74 bits per heavy atom. The Morgan fingerprint density at radius 3 is 2.53 bits per heavy atom. The van der Waals surface area contributed by atoms with E-state index in [0.717, 1.165) is 33.8 Å². The molecule has 6 nitrogen and oxygen atoms in total. The molecule has 168 valence electrons. The summed E-state index contributed by atoms with van der Waals surface area (Å²) < 4.78 is 6.90. The standard InChI is InChI=1S/C27H20N2O4S/c1-33-26(31)19-9-7-8-18(14-19)16-28-17-20(22-12-5-6-13-23(22)28)15-24-25(30)29(27(32)34-24)21-10-3-2-4-11-21/h2-15,17H,16H2,1H3. The van der Waals surface area contributed by atoms with Crippen molar-refractivity contribution in [2.75, 3.05) is 12.0 Å². The summed E-state index contributed by atoms with van der Waals surface area (Å²) in [6.45, 7) is 0.532. The minimum Gasteiger partial charge on any atom is -0.465 e. The SMILES string of the molecule is COC(=O)c1cccc(Cn2cc(C=C3SC(=O)N(c4ccccc4)C3=O)c3ccccc32)c1. The van der Waals surface area contributed by atoms with Gasteiger partial charge in [0, 0.05) is 29.2 Å². The van der Waals surface area contributed by atoms with Crippen molar-refractivity contribution in [2.45, 2.75) is 6.54 Å². The van der Waals surface area contributed by atoms with Crippen molar-refractivity contribution >= 4 is 51.5 Å². The van der Waals surface area contributed by atoms with Crippen molar-refractivity contribution in [1.82, 2.24) is 4.57 Å². The van der Waals surface area contributed by atoms with Gasteiger partial charge in [-0.3, -0.25) is 9.59 Å². The predicted molar refractivity (Wildman–Crippen MR) is 134 cm³/mol. The molecule has 34 heavy (non-hydrogen) atoms. The zero-order valence-corrected chi connectivity index (χ0v) is 19.1. The minimum atomic E-state index is -0.381. The summed E-state index contributed by atoms with van der Waals surface area (Å²) >= 11 is 0.939. The maximum Gasteiger partial charge on any atom is 0.337 e. The third-order valence-electron chi connectivity index (χ3n) is 5.62. The third-order valence-corrected chi connectivity index (χ3v) is 6.48. The number of fused-ring (bicyclic) bond motifs is 1. The summed E-state index contributed by atoms with van der Waals surface area (Å²) in [5.41, 5.74) is 3.82. The van der Waals surface area contributed by atoms with Gasteiger partial charge in [-0.25, -0.2) is 9.69 Å². The van der Waals surface area contributed by atoms with Crippen LogP contribution in [-0.2, 0) is 16.1 Å². The topological polar surface area (TPSA) is 68.6 Å². The van der Waals surface area contributed by atoms with Crippen LogP contribution >= 0.6 is 11.8 Å². The number of hydrogen-bond donors (Lipinski definition) is 0. The lowest BCUT2D eigenvalue weighted by Gasteiger charge is -2.11. The molecule has 3 aromatic carbocycles. The normalized spacial score (nSPS) is 14.9. The fourth-order valence-corrected chi connectivity index (χ4v) is 4.87. The molecule has 1 saturated heterocycles. The molecule has 2 amide bonds. The van der Waals surface area contributed by atoms with E-state index in [1.54, 1.807) is 36.4 Å². The van der Waals surface area contributed by atoms with Gasteiger partial charge in [0.05, 0.1) is 23.3 Å². The molecule has 5 rings (SSSR count). The number of methoxy groups -OCH3 is 1. The molecule has 2 heterocycles. The number of rotatable bonds is 5. The molecule has 0 radical (unpaired) electrons. The summed E-state index contributed by atoms with van der Waals surface area (Å²) in [6, 6.07) is 24.1. The quantitative estimate of drug-likeness (QED) is 0.277. The Balaban J connectivity index is 1.50. The van der Waals surface area contributed by atoms with Crippen molar-refractivity contribution in [2.24, 2.45) is 0 Å². The number of anilines is 1. The summed E-state index contributed by atoms with van der Waals surface area (Å²) in [5.74, 6) is -0.710. The van der Waals surface area contributed by atoms with Crippen LogP contribution in [0.4, 0.5) is 10.5 Å². The third kappa shape index (κ3) is 4.02. The van der Waals surface area contributed by atoms with Crippen molar-refractivity contribution in [3.63, 3.8) is 0 Å². The first-order valence-corrected chi connectivity index (χ1v) is 11.4. The van der Waals surface area contributed by atoms with Crippen LogP contribution in [0.25, 0.3) is 17.0 Å². The number of thioether (sulfide) groups is 1. The van der Waals surface area contributed by atoms with Crippen LogP contribution in [0.15, 0.2) is 90.0 Å². The summed E-state index contributed by atoms with van der Waals surface area (Å²) in [5, 5.41) is 0.656. The highest BCUT2D eigenvalue weighted by Crippen LogP contribution is 2.37. The fraction of sp³-hybridized carbons (Fsp3) is 0.0741. The number of hydrogen-bond acceptors (Lipinski definition) is 5. The number of ether oxygens (including phenoxy) is 1. The molecule has 0 bridgehead atoms. The summed E-state index contributed by atoms with van der Waals surface area (Å²) in [6.07, 6.45) is 3.74. The van der Waals surface area contributed by atoms with Crippen LogP contribution in [0.2, 0.25) is 0 Å². The van der Waals surface area contributed by atoms with Gasteiger partial charge in [0.2, 0.25) is 0 Å². The van der Waals surface area contributed by atoms with Crippen LogP contribution < -0.4 is 4.90 Å². The molecule has 0 N–H and O–H groups in total. The van der Waals surface area contributed by atoms with E-state index in [1.165, 1.54) is 12.0 Å². The lowest BCUT2D eigenvalue weighted by molar-refractivity contribution is -0.113. The van der Waals surface area contributed by atoms with Crippen LogP contribution in [0.5, 0.6) is 0 Å². The molecule has 1 fully saturated rings. The van der Waals surface area contributed by atoms with E-state index in [4.69, 9.17) is 4.74 Å². The second-order valence-electron chi connectivity index (χ2n) is 7.77. The van der Waals surface area contributed by atoms with E-state index < -0.39 is 0 Å². The number of carbonyl (C=O) groups excluding carboxylic acids is 3. The Labute approximate surface area is 200 Å². The van der Waals surface area contributed by atoms with Gasteiger partial charge in [-0.1, -0.05) is 48.5 Å². The van der Waals surface area contributed by atoms with Gasteiger partial charge in [0.15, 0.2) is 0 Å². The summed E-state index contributed by atoms with van der Waals surface area (Å²) in [7, 11) is 1.36. The first-order chi connectivity index (χ1) is 16.5. The number of para-hydroxylation sites is 2. The van der Waals surface area contributed by atoms with Crippen LogP contribution in [-0.4, -0.2) is 28.8 Å². The Hall–Kier alpha value is -4.10. The second kappa shape index (κ2) is 9.03. The van der Waals surface area contributed by atoms with Gasteiger partial charge in [-0.15, -0.1) is 0 Å². The van der Waals surface area contributed by atoms with Crippen molar-refractivity contribution in [3.05, 3.63) is 107 Å². The lowest BCUT2D eigenvalue weighted by atomic mass is 10.1. The molecule has 0 saturated carbocycles. The largest absolute Gasteiger partial charge is 0.465 e. The van der Waals surface area contributed by atoms with Gasteiger partial charge in [0.25, 0.3) is 11.1 Å². The molecule has 0 atom stereocenters. The van der Waals surface area contributed by atoms with E-state index in [9.17, 15) is 14.4 Å². The van der Waals surface area contributed by atoms with Crippen LogP contribution in [0.1, 0.15) is 21.5 Å². The molecule has 7 heteroatoms. The Morgan fingerprint density at radius 1 is 0.971 bits per heavy atom. The molecule has 0 unspecified atom stereocenters. The minimum absolute atomic E-state index is 0.314. The molecular weight excluding hydrogens is 448 g/mol. The maximum atomic E-state index is 13.0. The average molecular weight is 469 g/mol. The van der Waals surface area contributed by atoms with Gasteiger partial charge >= 0.3 is 5.97 Å². The molecule has 0 aliphatic carbocycles. The highest BCUT2D eigenvalue weighted by atomic mass is 32.2. The van der Waals surface area contributed by atoms with Crippen molar-refractivity contribution in [3.8, 4) is 0 Å². The predicted octanol–water partition coefficient (Wildman–Crippen LogP) is 5.72. The van der Waals surface area contributed by atoms with E-state index in [1.807, 2.05) is 54.7 Å². The highest BCUT2D eigenvalue weighted by Gasteiger charge is 2.36. The molecular formula is C27H20N2O4S. The first kappa shape index (κ1) is 21.7. The second-order valence-corrected chi connectivity index (χ2v) is 8.77. The van der Waals surface area contributed by atoms with E-state index >= 15 is 0 Å². The zero-order valence-electron chi connectivity index (χ0n) is 18.3. The first-order valence-electron chi connectivity index (χ1n) is 10.6. The van der Waals surface area contributed by atoms with Crippen LogP contribution in [0, 0.1) is 0 Å². The van der Waals surface area contributed by atoms with E-state index in [2.05, 4.69) is 4.57 Å². The average Bonchev–Trinajstić information content (AvgIpc) is 3.35. The monoisotopic (exact) mass is 468 g/mol. The molecule has 4 aromatic rings. The summed E-state index contributed by atoms with van der Waals surface area (Å²) in [4.78, 5) is 39.1. The molecule has 1 aliphatic rings. The molecule has 1 aromatic heterocycles. The smallest absolute Gasteiger partial charge is 0.337 e. The number of esters is 1. The van der Waals surface area contributed by atoms with Crippen molar-refractivity contribution < 1.29 is 19.1 Å². The van der Waals surface area contributed by atoms with Crippen molar-refractivity contribution in [1.29, 1.82) is 0 Å². The van der Waals surface area contributed by atoms with Gasteiger partial charge in [-0.2, -0.15) is 0 Å². The Kier molecular flexibility index (Phi) is 5.77. The number of amides is 2.